The number of piperidine rings is 1. The minimum Gasteiger partial charge on any atom is -0.317 e. The van der Waals surface area contributed by atoms with Crippen LogP contribution in [0, 0.1) is 5.92 Å². The summed E-state index contributed by atoms with van der Waals surface area (Å²) < 4.78 is 1.85. The number of Topliss-reactive ketones (excluding diaryl/α,β-unsaturated/α-hetero) is 1. The van der Waals surface area contributed by atoms with E-state index in [2.05, 4.69) is 22.3 Å². The van der Waals surface area contributed by atoms with Gasteiger partial charge in [-0.25, -0.2) is 9.67 Å². The topological polar surface area (TPSA) is 59.8 Å². The Morgan fingerprint density at radius 2 is 2.29 bits per heavy atom. The van der Waals surface area contributed by atoms with Crippen LogP contribution in [0.25, 0.3) is 0 Å². The Morgan fingerprint density at radius 1 is 1.53 bits per heavy atom. The molecule has 1 aromatic heterocycles. The molecule has 1 saturated heterocycles. The molecule has 5 nitrogen and oxygen atoms in total. The van der Waals surface area contributed by atoms with Crippen molar-refractivity contribution in [3.63, 3.8) is 0 Å². The molecular weight excluding hydrogens is 216 g/mol. The highest BCUT2D eigenvalue weighted by molar-refractivity contribution is 5.82. The molecule has 5 heteroatoms. The summed E-state index contributed by atoms with van der Waals surface area (Å²) in [5.74, 6) is 1.34. The number of carbonyl (C=O) groups excluding carboxylic acids is 1. The SMILES string of the molecule is CCCn1ncnc1CC(=O)C1CCNCC1. The lowest BCUT2D eigenvalue weighted by Crippen LogP contribution is -2.32. The Kier molecular flexibility index (Phi) is 4.25. The van der Waals surface area contributed by atoms with Gasteiger partial charge in [0.1, 0.15) is 17.9 Å². The number of rotatable bonds is 5. The lowest BCUT2D eigenvalue weighted by atomic mass is 9.92. The van der Waals surface area contributed by atoms with Gasteiger partial charge in [-0.1, -0.05) is 6.92 Å². The molecule has 1 fully saturated rings. The lowest BCUT2D eigenvalue weighted by Gasteiger charge is -2.21. The third-order valence-electron chi connectivity index (χ3n) is 3.26. The summed E-state index contributed by atoms with van der Waals surface area (Å²) in [7, 11) is 0. The fourth-order valence-corrected chi connectivity index (χ4v) is 2.27. The number of aromatic nitrogens is 3. The first-order chi connectivity index (χ1) is 8.31. The summed E-state index contributed by atoms with van der Waals surface area (Å²) in [5, 5.41) is 7.42. The van der Waals surface area contributed by atoms with Gasteiger partial charge in [0.2, 0.25) is 0 Å². The Bertz CT molecular complexity index is 368. The smallest absolute Gasteiger partial charge is 0.143 e. The molecule has 0 saturated carbocycles. The minimum absolute atomic E-state index is 0.211. The van der Waals surface area contributed by atoms with Crippen molar-refractivity contribution >= 4 is 5.78 Å². The highest BCUT2D eigenvalue weighted by atomic mass is 16.1. The molecule has 0 unspecified atom stereocenters. The zero-order valence-corrected chi connectivity index (χ0v) is 10.4. The van der Waals surface area contributed by atoms with Gasteiger partial charge in [-0.05, 0) is 32.4 Å². The molecule has 0 aliphatic carbocycles. The molecular formula is C12H20N4O. The van der Waals surface area contributed by atoms with Gasteiger partial charge >= 0.3 is 0 Å². The van der Waals surface area contributed by atoms with Gasteiger partial charge < -0.3 is 5.32 Å². The number of ketones is 1. The zero-order valence-electron chi connectivity index (χ0n) is 10.4. The van der Waals surface area contributed by atoms with E-state index in [9.17, 15) is 4.79 Å². The lowest BCUT2D eigenvalue weighted by molar-refractivity contribution is -0.123. The van der Waals surface area contributed by atoms with Crippen LogP contribution in [0.4, 0.5) is 0 Å². The summed E-state index contributed by atoms with van der Waals surface area (Å²) in [5.41, 5.74) is 0. The standard InChI is InChI=1S/C12H20N4O/c1-2-7-16-12(14-9-15-16)8-11(17)10-3-5-13-6-4-10/h9-10,13H,2-8H2,1H3. The first-order valence-electron chi connectivity index (χ1n) is 6.41. The quantitative estimate of drug-likeness (QED) is 0.821. The van der Waals surface area contributed by atoms with Crippen LogP contribution in [0.5, 0.6) is 0 Å². The number of hydrogen-bond acceptors (Lipinski definition) is 4. The van der Waals surface area contributed by atoms with Gasteiger partial charge in [0.05, 0.1) is 6.42 Å². The van der Waals surface area contributed by atoms with Gasteiger partial charge in [-0.3, -0.25) is 4.79 Å². The molecule has 0 aromatic carbocycles. The van der Waals surface area contributed by atoms with E-state index in [-0.39, 0.29) is 5.92 Å². The molecule has 0 bridgehead atoms. The summed E-state index contributed by atoms with van der Waals surface area (Å²) in [6, 6.07) is 0. The van der Waals surface area contributed by atoms with Gasteiger partial charge in [0.25, 0.3) is 0 Å². The average molecular weight is 236 g/mol. The molecule has 0 atom stereocenters. The van der Waals surface area contributed by atoms with Crippen LogP contribution in [0.15, 0.2) is 6.33 Å². The fourth-order valence-electron chi connectivity index (χ4n) is 2.27. The first kappa shape index (κ1) is 12.2. The van der Waals surface area contributed by atoms with Crippen molar-refractivity contribution in [2.24, 2.45) is 5.92 Å². The van der Waals surface area contributed by atoms with Crippen molar-refractivity contribution in [2.75, 3.05) is 13.1 Å². The normalized spacial score (nSPS) is 17.2. The third-order valence-corrected chi connectivity index (χ3v) is 3.26. The Hall–Kier alpha value is -1.23. The van der Waals surface area contributed by atoms with E-state index < -0.39 is 0 Å². The zero-order chi connectivity index (χ0) is 12.1. The van der Waals surface area contributed by atoms with Crippen LogP contribution in [0.1, 0.15) is 32.0 Å². The van der Waals surface area contributed by atoms with Gasteiger partial charge in [-0.15, -0.1) is 0 Å². The molecule has 0 amide bonds. The van der Waals surface area contributed by atoms with Crippen molar-refractivity contribution in [1.82, 2.24) is 20.1 Å². The van der Waals surface area contributed by atoms with Crippen molar-refractivity contribution in [2.45, 2.75) is 39.2 Å². The minimum atomic E-state index is 0.211. The van der Waals surface area contributed by atoms with Crippen molar-refractivity contribution in [1.29, 1.82) is 0 Å². The molecule has 1 N–H and O–H groups in total. The molecule has 1 aliphatic heterocycles. The van der Waals surface area contributed by atoms with Crippen LogP contribution in [0.3, 0.4) is 0 Å². The van der Waals surface area contributed by atoms with E-state index in [4.69, 9.17) is 0 Å². The molecule has 2 rings (SSSR count). The number of carbonyl (C=O) groups is 1. The van der Waals surface area contributed by atoms with Crippen LogP contribution in [-0.4, -0.2) is 33.6 Å². The summed E-state index contributed by atoms with van der Waals surface area (Å²) >= 11 is 0. The second kappa shape index (κ2) is 5.91. The summed E-state index contributed by atoms with van der Waals surface area (Å²) in [6.45, 7) is 4.85. The molecule has 0 spiro atoms. The van der Waals surface area contributed by atoms with E-state index in [1.807, 2.05) is 4.68 Å². The summed E-state index contributed by atoms with van der Waals surface area (Å²) in [4.78, 5) is 16.3. The van der Waals surface area contributed by atoms with Crippen molar-refractivity contribution < 1.29 is 4.79 Å². The van der Waals surface area contributed by atoms with Crippen LogP contribution < -0.4 is 5.32 Å². The maximum absolute atomic E-state index is 12.1. The molecule has 1 aliphatic rings. The second-order valence-electron chi connectivity index (χ2n) is 4.57. The largest absolute Gasteiger partial charge is 0.317 e. The molecule has 2 heterocycles. The average Bonchev–Trinajstić information content (AvgIpc) is 2.78. The Morgan fingerprint density at radius 3 is 3.00 bits per heavy atom. The number of hydrogen-bond donors (Lipinski definition) is 1. The first-order valence-corrected chi connectivity index (χ1v) is 6.41. The van der Waals surface area contributed by atoms with E-state index in [1.165, 1.54) is 0 Å². The maximum atomic E-state index is 12.1. The van der Waals surface area contributed by atoms with Crippen molar-refractivity contribution in [3.05, 3.63) is 12.2 Å². The highest BCUT2D eigenvalue weighted by Gasteiger charge is 2.22. The molecule has 0 radical (unpaired) electrons. The molecule has 17 heavy (non-hydrogen) atoms. The van der Waals surface area contributed by atoms with Gasteiger partial charge in [0.15, 0.2) is 0 Å². The summed E-state index contributed by atoms with van der Waals surface area (Å²) in [6.07, 6.45) is 4.91. The fraction of sp³-hybridized carbons (Fsp3) is 0.750. The van der Waals surface area contributed by atoms with Crippen LogP contribution in [-0.2, 0) is 17.8 Å². The van der Waals surface area contributed by atoms with Crippen LogP contribution in [0.2, 0.25) is 0 Å². The van der Waals surface area contributed by atoms with Gasteiger partial charge in [0, 0.05) is 12.5 Å². The third kappa shape index (κ3) is 3.12. The van der Waals surface area contributed by atoms with Gasteiger partial charge in [-0.2, -0.15) is 5.10 Å². The number of nitrogens with zero attached hydrogens (tertiary/aromatic N) is 3. The van der Waals surface area contributed by atoms with E-state index in [0.717, 1.165) is 44.7 Å². The number of aryl methyl sites for hydroxylation is 1. The van der Waals surface area contributed by atoms with Crippen molar-refractivity contribution in [3.8, 4) is 0 Å². The van der Waals surface area contributed by atoms with E-state index >= 15 is 0 Å². The molecule has 1 aromatic rings. The highest BCUT2D eigenvalue weighted by Crippen LogP contribution is 2.15. The van der Waals surface area contributed by atoms with E-state index in [0.29, 0.717) is 12.2 Å². The maximum Gasteiger partial charge on any atom is 0.143 e. The van der Waals surface area contributed by atoms with E-state index in [1.54, 1.807) is 6.33 Å². The van der Waals surface area contributed by atoms with Crippen LogP contribution >= 0.6 is 0 Å². The Labute approximate surface area is 102 Å². The number of nitrogens with one attached hydrogen (secondary N) is 1. The second-order valence-corrected chi connectivity index (χ2v) is 4.57. The Balaban J connectivity index is 1.94. The molecule has 94 valence electrons. The predicted octanol–water partition coefficient (Wildman–Crippen LogP) is 0.799. The monoisotopic (exact) mass is 236 g/mol. The predicted molar refractivity (Wildman–Crippen MR) is 64.6 cm³/mol.